The number of rotatable bonds is 4. The summed E-state index contributed by atoms with van der Waals surface area (Å²) in [5.41, 5.74) is 4.50. The van der Waals surface area contributed by atoms with E-state index < -0.39 is 0 Å². The van der Waals surface area contributed by atoms with Gasteiger partial charge in [0.05, 0.1) is 23.8 Å². The van der Waals surface area contributed by atoms with E-state index in [2.05, 4.69) is 30.2 Å². The lowest BCUT2D eigenvalue weighted by molar-refractivity contribution is 0.0910. The topological polar surface area (TPSA) is 56.2 Å². The molecule has 1 amide bonds. The monoisotopic (exact) mass is 377 g/mol. The van der Waals surface area contributed by atoms with Crippen molar-refractivity contribution in [3.63, 3.8) is 0 Å². The zero-order valence-electron chi connectivity index (χ0n) is 16.7. The third-order valence-corrected chi connectivity index (χ3v) is 5.83. The Morgan fingerprint density at radius 3 is 2.79 bits per heavy atom. The number of nitrogens with one attached hydrogen (secondary N) is 1. The molecule has 2 aromatic carbocycles. The first kappa shape index (κ1) is 18.5. The van der Waals surface area contributed by atoms with Gasteiger partial charge in [-0.25, -0.2) is 4.98 Å². The number of benzene rings is 2. The first-order valence-electron chi connectivity index (χ1n) is 10.00. The Hall–Kier alpha value is -2.82. The molecular weight excluding hydrogens is 350 g/mol. The molecule has 3 aromatic rings. The van der Waals surface area contributed by atoms with Crippen LogP contribution in [-0.2, 0) is 0 Å². The Bertz CT molecular complexity index is 1010. The lowest BCUT2D eigenvalue weighted by atomic mass is 9.86. The van der Waals surface area contributed by atoms with Gasteiger partial charge in [-0.15, -0.1) is 0 Å². The molecule has 0 spiro atoms. The molecule has 1 heterocycles. The van der Waals surface area contributed by atoms with Crippen LogP contribution in [0.5, 0.6) is 5.75 Å². The fraction of sp³-hybridized carbons (Fsp3) is 0.391. The molecule has 2 atom stereocenters. The van der Waals surface area contributed by atoms with Gasteiger partial charge in [-0.1, -0.05) is 25.8 Å². The molecule has 4 rings (SSSR count). The number of nitrogens with zero attached hydrogens (tertiary/aromatic N) is 2. The standard InChI is InChI=1S/C23H27N3O2/c1-15-8-11-22(28-3)21(12-15)26-14-24-19-13-17(9-10-20(19)26)23(27)25-18-7-5-4-6-16(18)2/h8-14,16,18H,4-7H2,1-3H3,(H,25,27)/t16-,18-/m0/s1. The largest absolute Gasteiger partial charge is 0.495 e. The molecule has 1 aliphatic carbocycles. The number of imidazole rings is 1. The Balaban J connectivity index is 1.63. The molecule has 5 heteroatoms. The van der Waals surface area contributed by atoms with Gasteiger partial charge in [-0.2, -0.15) is 0 Å². The fourth-order valence-electron chi connectivity index (χ4n) is 4.12. The SMILES string of the molecule is COc1ccc(C)cc1-n1cnc2cc(C(=O)N[C@H]3CCCC[C@@H]3C)ccc21. The van der Waals surface area contributed by atoms with Crippen molar-refractivity contribution in [3.8, 4) is 11.4 Å². The lowest BCUT2D eigenvalue weighted by Crippen LogP contribution is -2.41. The average Bonchev–Trinajstić information content (AvgIpc) is 3.12. The number of ether oxygens (including phenoxy) is 1. The predicted molar refractivity (Wildman–Crippen MR) is 111 cm³/mol. The number of fused-ring (bicyclic) bond motifs is 1. The summed E-state index contributed by atoms with van der Waals surface area (Å²) in [5, 5.41) is 3.22. The van der Waals surface area contributed by atoms with Crippen molar-refractivity contribution < 1.29 is 9.53 Å². The molecule has 0 saturated heterocycles. The van der Waals surface area contributed by atoms with E-state index in [-0.39, 0.29) is 11.9 Å². The summed E-state index contributed by atoms with van der Waals surface area (Å²) in [4.78, 5) is 17.3. The van der Waals surface area contributed by atoms with Crippen LogP contribution < -0.4 is 10.1 Å². The predicted octanol–water partition coefficient (Wildman–Crippen LogP) is 4.65. The van der Waals surface area contributed by atoms with Crippen LogP contribution in [0, 0.1) is 12.8 Å². The Labute approximate surface area is 165 Å². The summed E-state index contributed by atoms with van der Waals surface area (Å²) in [6.07, 6.45) is 6.49. The minimum Gasteiger partial charge on any atom is -0.495 e. The van der Waals surface area contributed by atoms with Crippen LogP contribution >= 0.6 is 0 Å². The van der Waals surface area contributed by atoms with Gasteiger partial charge >= 0.3 is 0 Å². The van der Waals surface area contributed by atoms with E-state index >= 15 is 0 Å². The minimum absolute atomic E-state index is 0.0108. The Morgan fingerprint density at radius 1 is 1.18 bits per heavy atom. The number of hydrogen-bond acceptors (Lipinski definition) is 3. The van der Waals surface area contributed by atoms with Crippen LogP contribution in [0.3, 0.4) is 0 Å². The van der Waals surface area contributed by atoms with Crippen molar-refractivity contribution in [1.29, 1.82) is 0 Å². The van der Waals surface area contributed by atoms with Gasteiger partial charge in [0, 0.05) is 11.6 Å². The average molecular weight is 377 g/mol. The molecule has 1 fully saturated rings. The fourth-order valence-corrected chi connectivity index (χ4v) is 4.12. The third kappa shape index (κ3) is 3.49. The maximum atomic E-state index is 12.8. The summed E-state index contributed by atoms with van der Waals surface area (Å²) >= 11 is 0. The van der Waals surface area contributed by atoms with Crippen molar-refractivity contribution in [1.82, 2.24) is 14.9 Å². The summed E-state index contributed by atoms with van der Waals surface area (Å²) in [6.45, 7) is 4.28. The quantitative estimate of drug-likeness (QED) is 0.720. The number of aromatic nitrogens is 2. The van der Waals surface area contributed by atoms with Gasteiger partial charge in [0.2, 0.25) is 0 Å². The summed E-state index contributed by atoms with van der Waals surface area (Å²) in [5.74, 6) is 1.32. The van der Waals surface area contributed by atoms with E-state index in [1.165, 1.54) is 19.3 Å². The highest BCUT2D eigenvalue weighted by molar-refractivity contribution is 5.97. The van der Waals surface area contributed by atoms with Gasteiger partial charge < -0.3 is 10.1 Å². The third-order valence-electron chi connectivity index (χ3n) is 5.83. The molecule has 1 N–H and O–H groups in total. The first-order chi connectivity index (χ1) is 13.6. The first-order valence-corrected chi connectivity index (χ1v) is 10.00. The highest BCUT2D eigenvalue weighted by atomic mass is 16.5. The Kier molecular flexibility index (Phi) is 5.07. The lowest BCUT2D eigenvalue weighted by Gasteiger charge is -2.29. The second-order valence-corrected chi connectivity index (χ2v) is 7.84. The van der Waals surface area contributed by atoms with Gasteiger partial charge in [-0.05, 0) is 61.6 Å². The normalized spacial score (nSPS) is 19.5. The van der Waals surface area contributed by atoms with Crippen molar-refractivity contribution in [2.45, 2.75) is 45.6 Å². The molecule has 1 aromatic heterocycles. The second-order valence-electron chi connectivity index (χ2n) is 7.84. The molecule has 0 bridgehead atoms. The minimum atomic E-state index is -0.0108. The van der Waals surface area contributed by atoms with Crippen LogP contribution in [-0.4, -0.2) is 28.6 Å². The zero-order valence-corrected chi connectivity index (χ0v) is 16.7. The van der Waals surface area contributed by atoms with Gasteiger partial charge in [-0.3, -0.25) is 9.36 Å². The van der Waals surface area contributed by atoms with E-state index in [4.69, 9.17) is 4.74 Å². The smallest absolute Gasteiger partial charge is 0.251 e. The maximum absolute atomic E-state index is 12.8. The number of methoxy groups -OCH3 is 1. The van der Waals surface area contributed by atoms with Crippen LogP contribution in [0.1, 0.15) is 48.5 Å². The van der Waals surface area contributed by atoms with Crippen LogP contribution in [0.4, 0.5) is 0 Å². The molecular formula is C23H27N3O2. The van der Waals surface area contributed by atoms with E-state index in [0.29, 0.717) is 11.5 Å². The van der Waals surface area contributed by atoms with Crippen LogP contribution in [0.2, 0.25) is 0 Å². The number of amides is 1. The molecule has 28 heavy (non-hydrogen) atoms. The molecule has 0 unspecified atom stereocenters. The molecule has 0 radical (unpaired) electrons. The van der Waals surface area contributed by atoms with Gasteiger partial charge in [0.25, 0.3) is 5.91 Å². The molecule has 5 nitrogen and oxygen atoms in total. The molecule has 146 valence electrons. The number of hydrogen-bond donors (Lipinski definition) is 1. The van der Waals surface area contributed by atoms with E-state index in [1.807, 2.05) is 34.9 Å². The van der Waals surface area contributed by atoms with Crippen molar-refractivity contribution in [2.75, 3.05) is 7.11 Å². The van der Waals surface area contributed by atoms with Crippen molar-refractivity contribution in [2.24, 2.45) is 5.92 Å². The van der Waals surface area contributed by atoms with Gasteiger partial charge in [0.15, 0.2) is 0 Å². The zero-order chi connectivity index (χ0) is 19.7. The van der Waals surface area contributed by atoms with E-state index in [0.717, 1.165) is 34.5 Å². The molecule has 0 aliphatic heterocycles. The van der Waals surface area contributed by atoms with Crippen molar-refractivity contribution >= 4 is 16.9 Å². The highest BCUT2D eigenvalue weighted by Crippen LogP contribution is 2.28. The second kappa shape index (κ2) is 7.66. The van der Waals surface area contributed by atoms with E-state index in [1.54, 1.807) is 13.4 Å². The number of aryl methyl sites for hydroxylation is 1. The van der Waals surface area contributed by atoms with Crippen molar-refractivity contribution in [3.05, 3.63) is 53.9 Å². The van der Waals surface area contributed by atoms with E-state index in [9.17, 15) is 4.79 Å². The number of carbonyl (C=O) groups excluding carboxylic acids is 1. The Morgan fingerprint density at radius 2 is 2.00 bits per heavy atom. The summed E-state index contributed by atoms with van der Waals surface area (Å²) in [6, 6.07) is 12.0. The summed E-state index contributed by atoms with van der Waals surface area (Å²) in [7, 11) is 1.67. The van der Waals surface area contributed by atoms with Crippen LogP contribution in [0.25, 0.3) is 16.7 Å². The number of carbonyl (C=O) groups is 1. The molecule has 1 saturated carbocycles. The highest BCUT2D eigenvalue weighted by Gasteiger charge is 2.23. The van der Waals surface area contributed by atoms with Gasteiger partial charge in [0.1, 0.15) is 12.1 Å². The molecule has 1 aliphatic rings. The maximum Gasteiger partial charge on any atom is 0.251 e. The summed E-state index contributed by atoms with van der Waals surface area (Å²) < 4.78 is 7.52. The van der Waals surface area contributed by atoms with Crippen LogP contribution in [0.15, 0.2) is 42.7 Å².